The molecule has 0 fully saturated rings. The van der Waals surface area contributed by atoms with Crippen LogP contribution in [-0.2, 0) is 17.7 Å². The molecular formula is C21H23NO3S2. The van der Waals surface area contributed by atoms with E-state index in [9.17, 15) is 4.79 Å². The Labute approximate surface area is 168 Å². The molecule has 0 bridgehead atoms. The molecule has 27 heavy (non-hydrogen) atoms. The van der Waals surface area contributed by atoms with Gasteiger partial charge in [0.15, 0.2) is 5.76 Å². The Balaban J connectivity index is 1.58. The predicted molar refractivity (Wildman–Crippen MR) is 112 cm³/mol. The van der Waals surface area contributed by atoms with E-state index in [1.165, 1.54) is 10.4 Å². The van der Waals surface area contributed by atoms with Gasteiger partial charge >= 0.3 is 6.16 Å². The van der Waals surface area contributed by atoms with E-state index in [0.717, 1.165) is 43.1 Å². The summed E-state index contributed by atoms with van der Waals surface area (Å²) in [6.45, 7) is 1.53. The molecule has 1 N–H and O–H groups in total. The maximum Gasteiger partial charge on any atom is 0.511 e. The van der Waals surface area contributed by atoms with Crippen LogP contribution in [0.15, 0.2) is 70.8 Å². The second-order valence-electron chi connectivity index (χ2n) is 6.19. The van der Waals surface area contributed by atoms with Crippen molar-refractivity contribution in [3.8, 4) is 0 Å². The average molecular weight is 402 g/mol. The highest BCUT2D eigenvalue weighted by atomic mass is 32.2. The van der Waals surface area contributed by atoms with Gasteiger partial charge in [-0.25, -0.2) is 4.79 Å². The molecule has 1 aliphatic heterocycles. The summed E-state index contributed by atoms with van der Waals surface area (Å²) in [6.07, 6.45) is 5.70. The van der Waals surface area contributed by atoms with Crippen LogP contribution in [0.1, 0.15) is 23.3 Å². The van der Waals surface area contributed by atoms with Gasteiger partial charge in [0, 0.05) is 11.4 Å². The van der Waals surface area contributed by atoms with Crippen LogP contribution in [-0.4, -0.2) is 28.5 Å². The maximum atomic E-state index is 11.1. The largest absolute Gasteiger partial charge is 0.511 e. The molecule has 2 heterocycles. The predicted octanol–water partition coefficient (Wildman–Crippen LogP) is 5.74. The van der Waals surface area contributed by atoms with Gasteiger partial charge in [-0.3, -0.25) is 0 Å². The molecule has 0 unspecified atom stereocenters. The highest BCUT2D eigenvalue weighted by molar-refractivity contribution is 8.03. The van der Waals surface area contributed by atoms with E-state index in [0.29, 0.717) is 5.76 Å². The highest BCUT2D eigenvalue weighted by Gasteiger charge is 2.20. The van der Waals surface area contributed by atoms with E-state index in [2.05, 4.69) is 40.6 Å². The first-order valence-electron chi connectivity index (χ1n) is 8.98. The number of ether oxygens (including phenoxy) is 1. The minimum atomic E-state index is -1.27. The summed E-state index contributed by atoms with van der Waals surface area (Å²) >= 11 is 3.39. The number of aryl methyl sites for hydroxylation is 1. The summed E-state index contributed by atoms with van der Waals surface area (Å²) < 4.78 is 5.03. The zero-order valence-corrected chi connectivity index (χ0v) is 16.7. The molecule has 0 aliphatic carbocycles. The number of nitrogens with zero attached hydrogens (tertiary/aromatic N) is 1. The second-order valence-corrected chi connectivity index (χ2v) is 8.31. The second kappa shape index (κ2) is 10.2. The van der Waals surface area contributed by atoms with Crippen LogP contribution in [0.4, 0.5) is 4.79 Å². The molecule has 142 valence electrons. The van der Waals surface area contributed by atoms with Gasteiger partial charge in [-0.1, -0.05) is 42.5 Å². The SMILES string of the molecule is O=C(O)OC1=C(SCCCCc2ccccc2)N(Cc2cccs2)CC=C1. The Bertz CT molecular complexity index is 785. The third-order valence-corrected chi connectivity index (χ3v) is 6.25. The summed E-state index contributed by atoms with van der Waals surface area (Å²) in [5.74, 6) is 1.36. The van der Waals surface area contributed by atoms with Gasteiger partial charge < -0.3 is 14.7 Å². The van der Waals surface area contributed by atoms with Crippen molar-refractivity contribution in [1.29, 1.82) is 0 Å². The summed E-state index contributed by atoms with van der Waals surface area (Å²) in [5, 5.41) is 12.0. The lowest BCUT2D eigenvalue weighted by Crippen LogP contribution is -2.25. The molecule has 0 spiro atoms. The van der Waals surface area contributed by atoms with Crippen molar-refractivity contribution in [2.45, 2.75) is 25.8 Å². The lowest BCUT2D eigenvalue weighted by molar-refractivity contribution is 0.119. The number of thiophene rings is 1. The number of hydrogen-bond donors (Lipinski definition) is 1. The monoisotopic (exact) mass is 401 g/mol. The first kappa shape index (κ1) is 19.6. The molecule has 3 rings (SSSR count). The number of carbonyl (C=O) groups is 1. The van der Waals surface area contributed by atoms with Gasteiger partial charge in [0.05, 0.1) is 6.54 Å². The molecule has 0 radical (unpaired) electrons. The molecule has 6 heteroatoms. The summed E-state index contributed by atoms with van der Waals surface area (Å²) in [4.78, 5) is 14.5. The number of hydrogen-bond acceptors (Lipinski definition) is 5. The Hall–Kier alpha value is -2.18. The maximum absolute atomic E-state index is 11.1. The molecule has 0 atom stereocenters. The zero-order chi connectivity index (χ0) is 18.9. The molecular weight excluding hydrogens is 378 g/mol. The normalized spacial score (nSPS) is 13.9. The number of rotatable bonds is 9. The third kappa shape index (κ3) is 6.19. The smallest absolute Gasteiger partial charge is 0.449 e. The van der Waals surface area contributed by atoms with Crippen LogP contribution < -0.4 is 0 Å². The van der Waals surface area contributed by atoms with Crippen molar-refractivity contribution in [3.05, 3.63) is 81.2 Å². The van der Waals surface area contributed by atoms with Crippen molar-refractivity contribution < 1.29 is 14.6 Å². The van der Waals surface area contributed by atoms with Crippen LogP contribution in [0.3, 0.4) is 0 Å². The summed E-state index contributed by atoms with van der Waals surface area (Å²) in [6, 6.07) is 14.6. The van der Waals surface area contributed by atoms with Crippen LogP contribution in [0.2, 0.25) is 0 Å². The minimum absolute atomic E-state index is 0.429. The zero-order valence-electron chi connectivity index (χ0n) is 15.0. The number of allylic oxidation sites excluding steroid dienone is 1. The lowest BCUT2D eigenvalue weighted by Gasteiger charge is -2.29. The van der Waals surface area contributed by atoms with Gasteiger partial charge in [0.2, 0.25) is 0 Å². The molecule has 1 aliphatic rings. The topological polar surface area (TPSA) is 49.8 Å². The molecule has 1 aromatic heterocycles. The standard InChI is InChI=1S/C21H23NO3S2/c23-21(24)25-19-12-6-13-22(16-18-11-7-15-26-18)20(19)27-14-5-4-10-17-8-2-1-3-9-17/h1-3,6-9,11-12,15H,4-5,10,13-14,16H2,(H,23,24). The van der Waals surface area contributed by atoms with Gasteiger partial charge in [0.25, 0.3) is 0 Å². The van der Waals surface area contributed by atoms with Crippen LogP contribution in [0.25, 0.3) is 0 Å². The number of unbranched alkanes of at least 4 members (excludes halogenated alkanes) is 1. The van der Waals surface area contributed by atoms with E-state index in [1.807, 2.05) is 18.2 Å². The van der Waals surface area contributed by atoms with E-state index < -0.39 is 6.16 Å². The summed E-state index contributed by atoms with van der Waals surface area (Å²) in [5.41, 5.74) is 1.36. The van der Waals surface area contributed by atoms with E-state index in [-0.39, 0.29) is 0 Å². The van der Waals surface area contributed by atoms with Gasteiger partial charge in [-0.15, -0.1) is 23.1 Å². The first-order valence-corrected chi connectivity index (χ1v) is 10.8. The van der Waals surface area contributed by atoms with Gasteiger partial charge in [-0.2, -0.15) is 0 Å². The van der Waals surface area contributed by atoms with E-state index >= 15 is 0 Å². The van der Waals surface area contributed by atoms with Crippen molar-refractivity contribution >= 4 is 29.3 Å². The van der Waals surface area contributed by atoms with Gasteiger partial charge in [0.1, 0.15) is 5.03 Å². The van der Waals surface area contributed by atoms with E-state index in [1.54, 1.807) is 29.2 Å². The first-order chi connectivity index (χ1) is 13.2. The number of benzene rings is 1. The fraction of sp³-hybridized carbons (Fsp3) is 0.286. The van der Waals surface area contributed by atoms with Crippen molar-refractivity contribution in [3.63, 3.8) is 0 Å². The van der Waals surface area contributed by atoms with Crippen LogP contribution in [0.5, 0.6) is 0 Å². The third-order valence-electron chi connectivity index (χ3n) is 4.16. The molecule has 0 amide bonds. The van der Waals surface area contributed by atoms with Crippen LogP contribution in [0, 0.1) is 0 Å². The Kier molecular flexibility index (Phi) is 7.42. The van der Waals surface area contributed by atoms with E-state index in [4.69, 9.17) is 9.84 Å². The van der Waals surface area contributed by atoms with Crippen molar-refractivity contribution in [2.75, 3.05) is 12.3 Å². The van der Waals surface area contributed by atoms with Crippen molar-refractivity contribution in [1.82, 2.24) is 4.90 Å². The summed E-state index contributed by atoms with van der Waals surface area (Å²) in [7, 11) is 0. The molecule has 0 saturated heterocycles. The highest BCUT2D eigenvalue weighted by Crippen LogP contribution is 2.31. The number of carboxylic acid groups (broad SMARTS) is 1. The Morgan fingerprint density at radius 1 is 1.19 bits per heavy atom. The van der Waals surface area contributed by atoms with Gasteiger partial charge in [-0.05, 0) is 48.1 Å². The lowest BCUT2D eigenvalue weighted by atomic mass is 10.1. The fourth-order valence-electron chi connectivity index (χ4n) is 2.90. The molecule has 2 aromatic rings. The molecule has 1 aromatic carbocycles. The van der Waals surface area contributed by atoms with Crippen LogP contribution >= 0.6 is 23.1 Å². The minimum Gasteiger partial charge on any atom is -0.449 e. The Morgan fingerprint density at radius 3 is 2.78 bits per heavy atom. The Morgan fingerprint density at radius 2 is 2.04 bits per heavy atom. The average Bonchev–Trinajstić information content (AvgIpc) is 3.17. The van der Waals surface area contributed by atoms with Crippen molar-refractivity contribution in [2.24, 2.45) is 0 Å². The molecule has 0 saturated carbocycles. The quantitative estimate of drug-likeness (QED) is 0.429. The number of thioether (sulfide) groups is 1. The fourth-order valence-corrected chi connectivity index (χ4v) is 4.74. The molecule has 4 nitrogen and oxygen atoms in total.